The fourth-order valence-corrected chi connectivity index (χ4v) is 15.3. The lowest BCUT2D eigenvalue weighted by Crippen LogP contribution is -2.51. The molecule has 6 aliphatic rings. The molecule has 406 valence electrons. The van der Waals surface area contributed by atoms with Crippen molar-refractivity contribution in [1.29, 1.82) is 0 Å². The minimum atomic E-state index is -0.825. The lowest BCUT2D eigenvalue weighted by Gasteiger charge is -2.37. The molecule has 3 aromatic heterocycles. The molecule has 1 spiro atoms. The van der Waals surface area contributed by atoms with Gasteiger partial charge in [0, 0.05) is 51.3 Å². The van der Waals surface area contributed by atoms with Gasteiger partial charge in [0.1, 0.15) is 17.9 Å². The largest absolute Gasteiger partial charge is 0.391 e. The monoisotopic (exact) mass is 1080 g/mol. The van der Waals surface area contributed by atoms with E-state index in [1.165, 1.54) is 23.2 Å². The van der Waals surface area contributed by atoms with Gasteiger partial charge in [0.15, 0.2) is 0 Å². The molecule has 12 rings (SSSR count). The van der Waals surface area contributed by atoms with Crippen LogP contribution in [0.15, 0.2) is 77.2 Å². The molecule has 3 aromatic carbocycles. The van der Waals surface area contributed by atoms with Gasteiger partial charge >= 0.3 is 0 Å². The number of morpholine rings is 1. The number of amides is 2. The fourth-order valence-electron chi connectivity index (χ4n) is 14.2. The van der Waals surface area contributed by atoms with Crippen LogP contribution in [-0.2, 0) is 19.7 Å². The van der Waals surface area contributed by atoms with Crippen molar-refractivity contribution in [3.8, 4) is 16.1 Å². The van der Waals surface area contributed by atoms with Gasteiger partial charge < -0.3 is 25.0 Å². The molecule has 0 bridgehead atoms. The van der Waals surface area contributed by atoms with E-state index in [1.54, 1.807) is 27.0 Å². The van der Waals surface area contributed by atoms with Crippen molar-refractivity contribution in [3.05, 3.63) is 122 Å². The highest BCUT2D eigenvalue weighted by atomic mass is 35.5. The van der Waals surface area contributed by atoms with E-state index in [-0.39, 0.29) is 53.6 Å². The zero-order valence-electron chi connectivity index (χ0n) is 44.8. The highest BCUT2D eigenvalue weighted by Gasteiger charge is 2.47. The molecule has 77 heavy (non-hydrogen) atoms. The van der Waals surface area contributed by atoms with E-state index in [9.17, 15) is 19.5 Å². The number of hydrogen-bond donors (Lipinski definition) is 2. The van der Waals surface area contributed by atoms with Gasteiger partial charge in [-0.2, -0.15) is 4.98 Å². The summed E-state index contributed by atoms with van der Waals surface area (Å²) in [7, 11) is 0. The molecular weight excluding hydrogens is 1010 g/mol. The maximum absolute atomic E-state index is 14.7. The third-order valence-electron chi connectivity index (χ3n) is 18.4. The van der Waals surface area contributed by atoms with Crippen molar-refractivity contribution in [2.24, 2.45) is 11.8 Å². The normalized spacial score (nSPS) is 23.8. The predicted octanol–water partition coefficient (Wildman–Crippen LogP) is 9.13. The molecule has 0 radical (unpaired) electrons. The molecule has 15 nitrogen and oxygen atoms in total. The molecule has 4 aliphatic heterocycles. The summed E-state index contributed by atoms with van der Waals surface area (Å²) in [5, 5.41) is 24.6. The van der Waals surface area contributed by atoms with E-state index >= 15 is 0 Å². The highest BCUT2D eigenvalue weighted by molar-refractivity contribution is 7.13. The molecule has 6 aromatic rings. The summed E-state index contributed by atoms with van der Waals surface area (Å²) in [6, 6.07) is 19.4. The number of nitrogens with one attached hydrogen (secondary N) is 1. The second-order valence-corrected chi connectivity index (χ2v) is 24.8. The van der Waals surface area contributed by atoms with Gasteiger partial charge in [-0.05, 0) is 130 Å². The molecule has 3 saturated heterocycles. The lowest BCUT2D eigenvalue weighted by atomic mass is 9.69. The second-order valence-electron chi connectivity index (χ2n) is 23.5. The standard InChI is InChI=1S/C60H73ClN10O5S/c1-37(2)54(58(75)69-33-45(72)31-52(69)56(73)63-48(34-68-26-28-76-29-27-68)41-14-16-43(17-15-41)55-38(3)62-36-77-55)70-35-49(65-66-70)42-12-10-39(11-13-42)32-67-24-20-40(21-25-67)44-18-19-46-51(30-44)71-50-9-7-8-47(61)53(50)57(74)64-59(71)60(46)22-5-4-6-23-60/h7-9,14-19,30,35-37,39-40,42,45,48,52,54,72H,4-6,10-13,20-29,31-34H2,1-3H3,(H,63,73)/t39?,42?,45-,48+,52+,54+/m1/s1. The molecule has 5 fully saturated rings. The first kappa shape index (κ1) is 52.3. The summed E-state index contributed by atoms with van der Waals surface area (Å²) >= 11 is 8.27. The molecule has 2 N–H and O–H groups in total. The van der Waals surface area contributed by atoms with Crippen molar-refractivity contribution in [3.63, 3.8) is 0 Å². The quantitative estimate of drug-likeness (QED) is 0.113. The molecule has 0 unspecified atom stereocenters. The molecular formula is C60H73ClN10O5S. The molecule has 17 heteroatoms. The van der Waals surface area contributed by atoms with Gasteiger partial charge in [-0.3, -0.25) is 23.9 Å². The fraction of sp³-hybridized carbons (Fsp3) is 0.550. The van der Waals surface area contributed by atoms with Crippen LogP contribution in [0.4, 0.5) is 0 Å². The Morgan fingerprint density at radius 3 is 2.42 bits per heavy atom. The van der Waals surface area contributed by atoms with Crippen LogP contribution in [-0.4, -0.2) is 132 Å². The Hall–Kier alpha value is -5.36. The van der Waals surface area contributed by atoms with E-state index in [1.807, 2.05) is 44.6 Å². The summed E-state index contributed by atoms with van der Waals surface area (Å²) in [6.45, 7) is 12.8. The van der Waals surface area contributed by atoms with E-state index in [0.29, 0.717) is 42.0 Å². The summed E-state index contributed by atoms with van der Waals surface area (Å²) in [5.41, 5.74) is 10.1. The van der Waals surface area contributed by atoms with Crippen LogP contribution in [0.3, 0.4) is 0 Å². The second kappa shape index (κ2) is 22.1. The van der Waals surface area contributed by atoms with Gasteiger partial charge in [0.25, 0.3) is 5.56 Å². The number of aliphatic hydroxyl groups is 1. The highest BCUT2D eigenvalue weighted by Crippen LogP contribution is 2.52. The number of hydrogen-bond acceptors (Lipinski definition) is 12. The smallest absolute Gasteiger partial charge is 0.282 e. The number of benzene rings is 3. The number of aromatic nitrogens is 6. The Kier molecular flexibility index (Phi) is 15.0. The summed E-state index contributed by atoms with van der Waals surface area (Å²) < 4.78 is 9.63. The van der Waals surface area contributed by atoms with Crippen molar-refractivity contribution < 1.29 is 19.4 Å². The Morgan fingerprint density at radius 1 is 0.922 bits per heavy atom. The Labute approximate surface area is 460 Å². The van der Waals surface area contributed by atoms with Gasteiger partial charge in [-0.1, -0.05) is 92.4 Å². The first-order valence-electron chi connectivity index (χ1n) is 28.5. The average Bonchev–Trinajstić information content (AvgIpc) is 4.32. The van der Waals surface area contributed by atoms with Crippen LogP contribution in [0, 0.1) is 18.8 Å². The van der Waals surface area contributed by atoms with Crippen LogP contribution < -0.4 is 10.9 Å². The third-order valence-corrected chi connectivity index (χ3v) is 19.7. The SMILES string of the molecule is Cc1ncsc1-c1ccc([C@H](CN2CCOCC2)NC(=O)[C@@H]2C[C@@H](O)CN2C(=O)[C@H](C(C)C)n2cc(C3CCC(CN4CCC(c5ccc6c(c5)-n5c(nc(=O)c7c(Cl)cccc75)C65CCCCC5)CC4)CC3)nn2)cc1. The molecule has 2 saturated carbocycles. The molecule has 4 atom stereocenters. The van der Waals surface area contributed by atoms with Gasteiger partial charge in [-0.15, -0.1) is 16.4 Å². The summed E-state index contributed by atoms with van der Waals surface area (Å²) in [4.78, 5) is 59.6. The van der Waals surface area contributed by atoms with Crippen LogP contribution in [0.2, 0.25) is 5.02 Å². The lowest BCUT2D eigenvalue weighted by molar-refractivity contribution is -0.142. The zero-order valence-corrected chi connectivity index (χ0v) is 46.4. The number of carbonyl (C=O) groups excluding carboxylic acids is 2. The van der Waals surface area contributed by atoms with Crippen molar-refractivity contribution >= 4 is 45.7 Å². The number of likely N-dealkylation sites (tertiary alicyclic amines) is 2. The van der Waals surface area contributed by atoms with Crippen molar-refractivity contribution in [2.45, 2.75) is 139 Å². The molecule has 2 aliphatic carbocycles. The number of ether oxygens (including phenoxy) is 1. The number of rotatable bonds is 13. The van der Waals surface area contributed by atoms with Crippen molar-refractivity contribution in [1.82, 2.24) is 49.5 Å². The Balaban J connectivity index is 0.668. The minimum absolute atomic E-state index is 0.0832. The number of fused-ring (bicyclic) bond motifs is 7. The zero-order chi connectivity index (χ0) is 53.0. The van der Waals surface area contributed by atoms with E-state index in [2.05, 4.69) is 72.3 Å². The van der Waals surface area contributed by atoms with Gasteiger partial charge in [0.2, 0.25) is 11.8 Å². The number of piperidine rings is 1. The number of aliphatic hydroxyl groups excluding tert-OH is 1. The van der Waals surface area contributed by atoms with Crippen LogP contribution in [0.5, 0.6) is 0 Å². The number of carbonyl (C=O) groups is 2. The maximum atomic E-state index is 14.7. The number of β-amino-alcohol motifs (C(OH)–C–C–N with tert-alkyl or cyclic N) is 1. The first-order chi connectivity index (χ1) is 37.4. The number of thiazole rings is 1. The third kappa shape index (κ3) is 10.2. The topological polar surface area (TPSA) is 164 Å². The predicted molar refractivity (Wildman–Crippen MR) is 300 cm³/mol. The van der Waals surface area contributed by atoms with Gasteiger partial charge in [0.05, 0.1) is 74.2 Å². The molecule has 2 amide bonds. The minimum Gasteiger partial charge on any atom is -0.391 e. The Bertz CT molecular complexity index is 3170. The van der Waals surface area contributed by atoms with E-state index in [4.69, 9.17) is 26.4 Å². The van der Waals surface area contributed by atoms with E-state index < -0.39 is 18.2 Å². The summed E-state index contributed by atoms with van der Waals surface area (Å²) in [6.07, 6.45) is 13.3. The van der Waals surface area contributed by atoms with Crippen LogP contribution in [0.25, 0.3) is 27.0 Å². The Morgan fingerprint density at radius 2 is 1.69 bits per heavy atom. The average molecular weight is 1080 g/mol. The van der Waals surface area contributed by atoms with Crippen LogP contribution in [0.1, 0.15) is 149 Å². The number of nitrogens with zero attached hydrogens (tertiary/aromatic N) is 9. The van der Waals surface area contributed by atoms with Crippen molar-refractivity contribution in [2.75, 3.05) is 59.0 Å². The van der Waals surface area contributed by atoms with E-state index in [0.717, 1.165) is 136 Å². The maximum Gasteiger partial charge on any atom is 0.282 e. The number of aryl methyl sites for hydroxylation is 1. The molecule has 7 heterocycles. The van der Waals surface area contributed by atoms with Gasteiger partial charge in [-0.25, -0.2) is 9.67 Å². The van der Waals surface area contributed by atoms with Crippen LogP contribution >= 0.6 is 22.9 Å². The first-order valence-corrected chi connectivity index (χ1v) is 29.8. The number of halogens is 1. The summed E-state index contributed by atoms with van der Waals surface area (Å²) in [5.74, 6) is 1.62.